The number of hydrogen-bond acceptors (Lipinski definition) is 2. The molecule has 0 fully saturated rings. The first-order chi connectivity index (χ1) is 11.2. The van der Waals surface area contributed by atoms with Crippen LogP contribution < -0.4 is 0 Å². The zero-order valence-corrected chi connectivity index (χ0v) is 12.9. The Balaban J connectivity index is 1.92. The molecule has 0 saturated heterocycles. The van der Waals surface area contributed by atoms with Crippen LogP contribution in [0.15, 0.2) is 64.8 Å². The highest BCUT2D eigenvalue weighted by Gasteiger charge is 2.00. The average Bonchev–Trinajstić information content (AvgIpc) is 2.56. The van der Waals surface area contributed by atoms with Crippen LogP contribution in [0.25, 0.3) is 0 Å². The Morgan fingerprint density at radius 1 is 0.870 bits per heavy atom. The van der Waals surface area contributed by atoms with Crippen molar-refractivity contribution in [1.29, 1.82) is 0 Å². The van der Waals surface area contributed by atoms with Gasteiger partial charge in [-0.3, -0.25) is 0 Å². The van der Waals surface area contributed by atoms with Crippen LogP contribution in [0.5, 0.6) is 0 Å². The maximum atomic E-state index is 13.0. The van der Waals surface area contributed by atoms with Crippen LogP contribution in [0.2, 0.25) is 0 Å². The summed E-state index contributed by atoms with van der Waals surface area (Å²) in [5, 5.41) is 7.75. The van der Waals surface area contributed by atoms with E-state index in [1.165, 1.54) is 17.8 Å². The van der Waals surface area contributed by atoms with Crippen LogP contribution in [0.4, 0.5) is 8.78 Å². The molecule has 0 radical (unpaired) electrons. The largest absolute Gasteiger partial charge is 0.204 e. The van der Waals surface area contributed by atoms with Crippen molar-refractivity contribution in [3.05, 3.63) is 82.9 Å². The lowest BCUT2D eigenvalue weighted by molar-refractivity contribution is 0.508. The molecular formula is C19H18F2N2. The van der Waals surface area contributed by atoms with E-state index in [1.54, 1.807) is 6.21 Å². The summed E-state index contributed by atoms with van der Waals surface area (Å²) in [5.74, 6) is -1.77. The van der Waals surface area contributed by atoms with Gasteiger partial charge in [0.2, 0.25) is 0 Å². The van der Waals surface area contributed by atoms with Crippen molar-refractivity contribution in [2.45, 2.75) is 19.8 Å². The van der Waals surface area contributed by atoms with Gasteiger partial charge >= 0.3 is 0 Å². The van der Waals surface area contributed by atoms with Crippen LogP contribution in [0, 0.1) is 11.6 Å². The molecule has 118 valence electrons. The van der Waals surface area contributed by atoms with E-state index in [0.717, 1.165) is 30.5 Å². The van der Waals surface area contributed by atoms with E-state index < -0.39 is 11.6 Å². The SMILES string of the molecule is C/C=C/CCc1ccc(/C=N/N=C/c2ccc(F)c(F)c2)cc1. The van der Waals surface area contributed by atoms with Crippen molar-refractivity contribution in [2.75, 3.05) is 0 Å². The van der Waals surface area contributed by atoms with Gasteiger partial charge in [0.15, 0.2) is 11.6 Å². The molecule has 0 amide bonds. The Morgan fingerprint density at radius 2 is 1.52 bits per heavy atom. The topological polar surface area (TPSA) is 24.7 Å². The molecule has 0 atom stereocenters. The summed E-state index contributed by atoms with van der Waals surface area (Å²) in [5.41, 5.74) is 2.66. The lowest BCUT2D eigenvalue weighted by Crippen LogP contribution is -1.88. The quantitative estimate of drug-likeness (QED) is 0.410. The number of aryl methyl sites for hydroxylation is 1. The van der Waals surface area contributed by atoms with E-state index in [9.17, 15) is 8.78 Å². The van der Waals surface area contributed by atoms with E-state index in [0.29, 0.717) is 5.56 Å². The van der Waals surface area contributed by atoms with Gasteiger partial charge in [-0.05, 0) is 48.6 Å². The fourth-order valence-corrected chi connectivity index (χ4v) is 1.98. The molecule has 2 rings (SSSR count). The lowest BCUT2D eigenvalue weighted by Gasteiger charge is -1.98. The molecule has 0 aliphatic rings. The Kier molecular flexibility index (Phi) is 6.36. The second-order valence-corrected chi connectivity index (χ2v) is 5.01. The third-order valence-electron chi connectivity index (χ3n) is 3.24. The molecule has 0 spiro atoms. The van der Waals surface area contributed by atoms with Gasteiger partial charge < -0.3 is 0 Å². The van der Waals surface area contributed by atoms with E-state index >= 15 is 0 Å². The van der Waals surface area contributed by atoms with Gasteiger partial charge in [0.05, 0.1) is 12.4 Å². The molecular weight excluding hydrogens is 294 g/mol. The summed E-state index contributed by atoms with van der Waals surface area (Å²) in [7, 11) is 0. The molecule has 0 aliphatic heterocycles. The smallest absolute Gasteiger partial charge is 0.159 e. The molecule has 2 nitrogen and oxygen atoms in total. The zero-order chi connectivity index (χ0) is 16.5. The van der Waals surface area contributed by atoms with Crippen molar-refractivity contribution >= 4 is 12.4 Å². The summed E-state index contributed by atoms with van der Waals surface area (Å²) < 4.78 is 25.8. The minimum atomic E-state index is -0.897. The molecule has 4 heteroatoms. The molecule has 2 aromatic carbocycles. The zero-order valence-electron chi connectivity index (χ0n) is 12.9. The summed E-state index contributed by atoms with van der Waals surface area (Å²) in [4.78, 5) is 0. The van der Waals surface area contributed by atoms with Gasteiger partial charge in [-0.1, -0.05) is 42.5 Å². The second-order valence-electron chi connectivity index (χ2n) is 5.01. The van der Waals surface area contributed by atoms with Gasteiger partial charge in [-0.25, -0.2) is 8.78 Å². The molecule has 0 saturated carbocycles. The van der Waals surface area contributed by atoms with Crippen molar-refractivity contribution in [1.82, 2.24) is 0 Å². The van der Waals surface area contributed by atoms with Crippen LogP contribution in [-0.4, -0.2) is 12.4 Å². The van der Waals surface area contributed by atoms with E-state index in [4.69, 9.17) is 0 Å². The maximum Gasteiger partial charge on any atom is 0.159 e. The predicted molar refractivity (Wildman–Crippen MR) is 91.1 cm³/mol. The minimum Gasteiger partial charge on any atom is -0.204 e. The van der Waals surface area contributed by atoms with Crippen molar-refractivity contribution in [3.8, 4) is 0 Å². The third-order valence-corrected chi connectivity index (χ3v) is 3.24. The van der Waals surface area contributed by atoms with Crippen molar-refractivity contribution < 1.29 is 8.78 Å². The molecule has 0 aromatic heterocycles. The molecule has 0 heterocycles. The summed E-state index contributed by atoms with van der Waals surface area (Å²) >= 11 is 0. The molecule has 0 unspecified atom stereocenters. The number of allylic oxidation sites excluding steroid dienone is 2. The van der Waals surface area contributed by atoms with Crippen molar-refractivity contribution in [2.24, 2.45) is 10.2 Å². The van der Waals surface area contributed by atoms with Gasteiger partial charge in [0.25, 0.3) is 0 Å². The highest BCUT2D eigenvalue weighted by molar-refractivity contribution is 5.82. The number of benzene rings is 2. The van der Waals surface area contributed by atoms with E-state index in [1.807, 2.05) is 25.1 Å². The van der Waals surface area contributed by atoms with Gasteiger partial charge in [0, 0.05) is 0 Å². The first kappa shape index (κ1) is 16.7. The molecule has 0 bridgehead atoms. The number of halogens is 2. The standard InChI is InChI=1S/C19H18F2N2/c1-2-3-4-5-15-6-8-16(9-7-15)13-22-23-14-17-10-11-18(20)19(21)12-17/h2-3,6-14H,4-5H2,1H3/b3-2+,22-13+,23-14+. The summed E-state index contributed by atoms with van der Waals surface area (Å²) in [6.07, 6.45) is 9.23. The van der Waals surface area contributed by atoms with Crippen LogP contribution >= 0.6 is 0 Å². The van der Waals surface area contributed by atoms with Crippen molar-refractivity contribution in [3.63, 3.8) is 0 Å². The average molecular weight is 312 g/mol. The predicted octanol–water partition coefficient (Wildman–Crippen LogP) is 4.93. The minimum absolute atomic E-state index is 0.459. The normalized spacial score (nSPS) is 12.0. The van der Waals surface area contributed by atoms with Gasteiger partial charge in [-0.15, -0.1) is 0 Å². The van der Waals surface area contributed by atoms with Crippen LogP contribution in [0.1, 0.15) is 30.0 Å². The highest BCUT2D eigenvalue weighted by atomic mass is 19.2. The van der Waals surface area contributed by atoms with Crippen LogP contribution in [-0.2, 0) is 6.42 Å². The highest BCUT2D eigenvalue weighted by Crippen LogP contribution is 2.07. The van der Waals surface area contributed by atoms with Gasteiger partial charge in [0.1, 0.15) is 0 Å². The summed E-state index contributed by atoms with van der Waals surface area (Å²) in [6, 6.07) is 11.6. The van der Waals surface area contributed by atoms with E-state index in [2.05, 4.69) is 28.4 Å². The van der Waals surface area contributed by atoms with Gasteiger partial charge in [-0.2, -0.15) is 10.2 Å². The maximum absolute atomic E-state index is 13.0. The summed E-state index contributed by atoms with van der Waals surface area (Å²) in [6.45, 7) is 2.01. The fraction of sp³-hybridized carbons (Fsp3) is 0.158. The van der Waals surface area contributed by atoms with Crippen LogP contribution in [0.3, 0.4) is 0 Å². The molecule has 0 aliphatic carbocycles. The first-order valence-electron chi connectivity index (χ1n) is 7.40. The number of nitrogens with zero attached hydrogens (tertiary/aromatic N) is 2. The molecule has 23 heavy (non-hydrogen) atoms. The molecule has 2 aromatic rings. The lowest BCUT2D eigenvalue weighted by atomic mass is 10.1. The third kappa shape index (κ3) is 5.58. The second kappa shape index (κ2) is 8.73. The number of hydrogen-bond donors (Lipinski definition) is 0. The molecule has 0 N–H and O–H groups in total. The monoisotopic (exact) mass is 312 g/mol. The Hall–Kier alpha value is -2.62. The Bertz CT molecular complexity index is 717. The fourth-order valence-electron chi connectivity index (χ4n) is 1.98. The van der Waals surface area contributed by atoms with E-state index in [-0.39, 0.29) is 0 Å². The Morgan fingerprint density at radius 3 is 2.17 bits per heavy atom. The number of rotatable bonds is 6. The Labute approximate surface area is 134 Å². The first-order valence-corrected chi connectivity index (χ1v) is 7.40.